The molecule has 0 bridgehead atoms. The molecule has 0 aliphatic carbocycles. The molecule has 2 rings (SSSR count). The Morgan fingerprint density at radius 3 is 2.67 bits per heavy atom. The van der Waals surface area contributed by atoms with Crippen LogP contribution in [0.3, 0.4) is 0 Å². The number of rotatable bonds is 4. The van der Waals surface area contributed by atoms with Crippen LogP contribution in [0.5, 0.6) is 0 Å². The quantitative estimate of drug-likeness (QED) is 0.891. The second kappa shape index (κ2) is 5.54. The molecule has 94 valence electrons. The van der Waals surface area contributed by atoms with Crippen LogP contribution in [0.1, 0.15) is 11.1 Å². The Hall–Kier alpha value is -2.03. The molecule has 1 aromatic carbocycles. The Bertz CT molecular complexity index is 521. The number of anilines is 2. The number of aromatic nitrogens is 1. The molecule has 18 heavy (non-hydrogen) atoms. The van der Waals surface area contributed by atoms with Crippen LogP contribution >= 0.6 is 0 Å². The van der Waals surface area contributed by atoms with E-state index in [4.69, 9.17) is 0 Å². The fourth-order valence-electron chi connectivity index (χ4n) is 1.92. The van der Waals surface area contributed by atoms with E-state index in [0.29, 0.717) is 0 Å². The maximum Gasteiger partial charge on any atom is 0.0596 e. The van der Waals surface area contributed by atoms with Crippen molar-refractivity contribution in [2.24, 2.45) is 0 Å². The van der Waals surface area contributed by atoms with Crippen LogP contribution in [-0.4, -0.2) is 19.1 Å². The fraction of sp³-hybridized carbons (Fsp3) is 0.267. The molecule has 2 aromatic rings. The van der Waals surface area contributed by atoms with E-state index >= 15 is 0 Å². The Kier molecular flexibility index (Phi) is 3.82. The highest BCUT2D eigenvalue weighted by Gasteiger charge is 2.03. The number of para-hydroxylation sites is 2. The van der Waals surface area contributed by atoms with Gasteiger partial charge in [0.15, 0.2) is 0 Å². The van der Waals surface area contributed by atoms with Gasteiger partial charge in [-0.25, -0.2) is 0 Å². The summed E-state index contributed by atoms with van der Waals surface area (Å²) < 4.78 is 0. The summed E-state index contributed by atoms with van der Waals surface area (Å²) in [5.74, 6) is 0. The summed E-state index contributed by atoms with van der Waals surface area (Å²) in [4.78, 5) is 6.31. The summed E-state index contributed by atoms with van der Waals surface area (Å²) in [5, 5.41) is 3.46. The van der Waals surface area contributed by atoms with Gasteiger partial charge >= 0.3 is 0 Å². The first-order chi connectivity index (χ1) is 8.66. The van der Waals surface area contributed by atoms with Crippen molar-refractivity contribution in [3.05, 3.63) is 53.9 Å². The molecular formula is C15H19N3. The van der Waals surface area contributed by atoms with Gasteiger partial charge in [0, 0.05) is 33.0 Å². The zero-order valence-electron chi connectivity index (χ0n) is 11.1. The summed E-state index contributed by atoms with van der Waals surface area (Å²) >= 11 is 0. The minimum Gasteiger partial charge on any atom is -0.379 e. The lowest BCUT2D eigenvalue weighted by Gasteiger charge is -2.18. The fourth-order valence-corrected chi connectivity index (χ4v) is 1.92. The number of pyridine rings is 1. The van der Waals surface area contributed by atoms with Crippen molar-refractivity contribution in [1.29, 1.82) is 0 Å². The van der Waals surface area contributed by atoms with E-state index in [2.05, 4.69) is 60.5 Å². The van der Waals surface area contributed by atoms with Gasteiger partial charge in [0.1, 0.15) is 0 Å². The average Bonchev–Trinajstić information content (AvgIpc) is 2.37. The number of benzene rings is 1. The molecule has 0 fully saturated rings. The Morgan fingerprint density at radius 1 is 1.17 bits per heavy atom. The summed E-state index contributed by atoms with van der Waals surface area (Å²) in [5.41, 5.74) is 4.72. The van der Waals surface area contributed by atoms with Gasteiger partial charge < -0.3 is 10.2 Å². The van der Waals surface area contributed by atoms with Crippen LogP contribution in [0.4, 0.5) is 11.4 Å². The van der Waals surface area contributed by atoms with Gasteiger partial charge in [-0.05, 0) is 30.2 Å². The molecule has 1 heterocycles. The monoisotopic (exact) mass is 241 g/mol. The Labute approximate surface area is 108 Å². The van der Waals surface area contributed by atoms with Gasteiger partial charge in [-0.15, -0.1) is 0 Å². The highest BCUT2D eigenvalue weighted by molar-refractivity contribution is 5.69. The van der Waals surface area contributed by atoms with Crippen LogP contribution in [0, 0.1) is 6.92 Å². The average molecular weight is 241 g/mol. The van der Waals surface area contributed by atoms with Crippen LogP contribution < -0.4 is 10.2 Å². The van der Waals surface area contributed by atoms with Gasteiger partial charge in [-0.3, -0.25) is 4.98 Å². The standard InChI is InChI=1S/C15H19N3/c1-12-8-13(10-16-9-12)11-17-14-6-4-5-7-15(14)18(2)3/h4-10,17H,11H2,1-3H3. The number of hydrogen-bond donors (Lipinski definition) is 1. The van der Waals surface area contributed by atoms with Crippen molar-refractivity contribution in [3.63, 3.8) is 0 Å². The van der Waals surface area contributed by atoms with Crippen molar-refractivity contribution < 1.29 is 0 Å². The van der Waals surface area contributed by atoms with Crippen molar-refractivity contribution in [2.45, 2.75) is 13.5 Å². The molecular weight excluding hydrogens is 222 g/mol. The third-order valence-electron chi connectivity index (χ3n) is 2.80. The molecule has 0 amide bonds. The van der Waals surface area contributed by atoms with Gasteiger partial charge in [-0.2, -0.15) is 0 Å². The lowest BCUT2D eigenvalue weighted by atomic mass is 10.2. The maximum atomic E-state index is 4.20. The molecule has 0 radical (unpaired) electrons. The zero-order chi connectivity index (χ0) is 13.0. The summed E-state index contributed by atoms with van der Waals surface area (Å²) in [6.07, 6.45) is 3.77. The molecule has 3 heteroatoms. The van der Waals surface area contributed by atoms with Gasteiger partial charge in [-0.1, -0.05) is 18.2 Å². The number of nitrogens with one attached hydrogen (secondary N) is 1. The summed E-state index contributed by atoms with van der Waals surface area (Å²) in [6, 6.07) is 10.5. The molecule has 0 aliphatic rings. The van der Waals surface area contributed by atoms with E-state index in [0.717, 1.165) is 12.2 Å². The highest BCUT2D eigenvalue weighted by Crippen LogP contribution is 2.23. The highest BCUT2D eigenvalue weighted by atomic mass is 15.1. The molecule has 0 atom stereocenters. The second-order valence-electron chi connectivity index (χ2n) is 4.64. The molecule has 0 saturated carbocycles. The summed E-state index contributed by atoms with van der Waals surface area (Å²) in [7, 11) is 4.10. The van der Waals surface area contributed by atoms with E-state index < -0.39 is 0 Å². The van der Waals surface area contributed by atoms with E-state index in [-0.39, 0.29) is 0 Å². The molecule has 0 unspecified atom stereocenters. The predicted molar refractivity (Wildman–Crippen MR) is 77.1 cm³/mol. The van der Waals surface area contributed by atoms with Crippen LogP contribution in [0.2, 0.25) is 0 Å². The number of nitrogens with zero attached hydrogens (tertiary/aromatic N) is 2. The number of aryl methyl sites for hydroxylation is 1. The van der Waals surface area contributed by atoms with Crippen LogP contribution in [0.25, 0.3) is 0 Å². The SMILES string of the molecule is Cc1cncc(CNc2ccccc2N(C)C)c1. The predicted octanol–water partition coefficient (Wildman–Crippen LogP) is 3.07. The summed E-state index contributed by atoms with van der Waals surface area (Å²) in [6.45, 7) is 2.85. The first kappa shape index (κ1) is 12.4. The largest absolute Gasteiger partial charge is 0.379 e. The van der Waals surface area contributed by atoms with Crippen molar-refractivity contribution in [1.82, 2.24) is 4.98 Å². The number of hydrogen-bond acceptors (Lipinski definition) is 3. The van der Waals surface area contributed by atoms with Crippen molar-refractivity contribution in [3.8, 4) is 0 Å². The third kappa shape index (κ3) is 3.00. The minimum absolute atomic E-state index is 0.791. The topological polar surface area (TPSA) is 28.2 Å². The lowest BCUT2D eigenvalue weighted by Crippen LogP contribution is -2.12. The first-order valence-corrected chi connectivity index (χ1v) is 6.07. The minimum atomic E-state index is 0.791. The smallest absolute Gasteiger partial charge is 0.0596 e. The van der Waals surface area contributed by atoms with Gasteiger partial charge in [0.05, 0.1) is 11.4 Å². The van der Waals surface area contributed by atoms with Gasteiger partial charge in [0.25, 0.3) is 0 Å². The van der Waals surface area contributed by atoms with E-state index in [9.17, 15) is 0 Å². The third-order valence-corrected chi connectivity index (χ3v) is 2.80. The van der Waals surface area contributed by atoms with Crippen molar-refractivity contribution in [2.75, 3.05) is 24.3 Å². The molecule has 3 nitrogen and oxygen atoms in total. The first-order valence-electron chi connectivity index (χ1n) is 6.07. The van der Waals surface area contributed by atoms with Crippen LogP contribution in [-0.2, 0) is 6.54 Å². The maximum absolute atomic E-state index is 4.20. The Balaban J connectivity index is 2.11. The second-order valence-corrected chi connectivity index (χ2v) is 4.64. The normalized spacial score (nSPS) is 10.2. The molecule has 0 spiro atoms. The lowest BCUT2D eigenvalue weighted by molar-refractivity contribution is 1.08. The molecule has 1 N–H and O–H groups in total. The van der Waals surface area contributed by atoms with Crippen LogP contribution in [0.15, 0.2) is 42.7 Å². The van der Waals surface area contributed by atoms with E-state index in [1.54, 1.807) is 0 Å². The molecule has 1 aromatic heterocycles. The van der Waals surface area contributed by atoms with E-state index in [1.165, 1.54) is 16.8 Å². The van der Waals surface area contributed by atoms with Gasteiger partial charge in [0.2, 0.25) is 0 Å². The molecule has 0 aliphatic heterocycles. The Morgan fingerprint density at radius 2 is 1.94 bits per heavy atom. The van der Waals surface area contributed by atoms with Crippen molar-refractivity contribution >= 4 is 11.4 Å². The van der Waals surface area contributed by atoms with E-state index in [1.807, 2.05) is 18.5 Å². The molecule has 0 saturated heterocycles. The zero-order valence-corrected chi connectivity index (χ0v) is 11.1.